The molecule has 8 heteroatoms. The van der Waals surface area contributed by atoms with Crippen LogP contribution < -0.4 is 5.32 Å². The molecule has 18 heavy (non-hydrogen) atoms. The lowest BCUT2D eigenvalue weighted by atomic mass is 10.3. The molecule has 1 N–H and O–H groups in total. The lowest BCUT2D eigenvalue weighted by Crippen LogP contribution is -2.52. The summed E-state index contributed by atoms with van der Waals surface area (Å²) in [6.45, 7) is 3.41. The highest BCUT2D eigenvalue weighted by molar-refractivity contribution is 7.89. The molecule has 1 aliphatic rings. The fourth-order valence-corrected chi connectivity index (χ4v) is 3.45. The number of hydrogen-bond acceptors (Lipinski definition) is 4. The summed E-state index contributed by atoms with van der Waals surface area (Å²) in [5.74, 6) is -0.645. The van der Waals surface area contributed by atoms with E-state index in [0.29, 0.717) is 19.6 Å². The first-order valence-corrected chi connectivity index (χ1v) is 6.79. The van der Waals surface area contributed by atoms with Gasteiger partial charge in [-0.05, 0) is 13.0 Å². The Kier molecular flexibility index (Phi) is 5.03. The molecule has 1 aromatic rings. The van der Waals surface area contributed by atoms with Gasteiger partial charge in [-0.1, -0.05) is 0 Å². The summed E-state index contributed by atoms with van der Waals surface area (Å²) in [6, 6.07) is 0.855. The molecule has 1 aromatic heterocycles. The molecule has 1 saturated heterocycles. The van der Waals surface area contributed by atoms with Gasteiger partial charge in [-0.3, -0.25) is 4.98 Å². The third kappa shape index (κ3) is 2.97. The fraction of sp³-hybridized carbons (Fsp3) is 0.500. The van der Waals surface area contributed by atoms with E-state index in [-0.39, 0.29) is 23.3 Å². The van der Waals surface area contributed by atoms with Crippen LogP contribution in [0.25, 0.3) is 0 Å². The third-order valence-corrected chi connectivity index (χ3v) is 4.71. The van der Waals surface area contributed by atoms with Crippen LogP contribution in [0.4, 0.5) is 4.39 Å². The van der Waals surface area contributed by atoms with Gasteiger partial charge in [0.05, 0.1) is 6.20 Å². The Balaban J connectivity index is 0.00000162. The van der Waals surface area contributed by atoms with Gasteiger partial charge in [0, 0.05) is 31.9 Å². The maximum absolute atomic E-state index is 13.0. The Bertz CT molecular complexity index is 512. The van der Waals surface area contributed by atoms with Crippen molar-refractivity contribution in [2.75, 3.05) is 19.6 Å². The molecule has 0 aliphatic carbocycles. The summed E-state index contributed by atoms with van der Waals surface area (Å²) in [7, 11) is -3.64. The smallest absolute Gasteiger partial charge is 0.245 e. The van der Waals surface area contributed by atoms with E-state index in [4.69, 9.17) is 0 Å². The van der Waals surface area contributed by atoms with Gasteiger partial charge in [-0.15, -0.1) is 12.4 Å². The van der Waals surface area contributed by atoms with E-state index in [0.717, 1.165) is 12.3 Å². The average Bonchev–Trinajstić information content (AvgIpc) is 2.29. The quantitative estimate of drug-likeness (QED) is 0.869. The summed E-state index contributed by atoms with van der Waals surface area (Å²) in [5.41, 5.74) is 0. The standard InChI is InChI=1S/C10H14FN3O2S.ClH/c1-8-5-12-2-3-14(8)17(15,16)10-4-9(11)6-13-7-10;/h4,6-8,12H,2-3,5H2,1H3;1H/t8-;/m0./s1. The average molecular weight is 296 g/mol. The lowest BCUT2D eigenvalue weighted by molar-refractivity contribution is 0.283. The van der Waals surface area contributed by atoms with Crippen LogP contribution in [0.3, 0.4) is 0 Å². The zero-order chi connectivity index (χ0) is 12.5. The molecule has 0 bridgehead atoms. The highest BCUT2D eigenvalue weighted by Gasteiger charge is 2.31. The van der Waals surface area contributed by atoms with Gasteiger partial charge in [0.25, 0.3) is 0 Å². The number of rotatable bonds is 2. The summed E-state index contributed by atoms with van der Waals surface area (Å²) in [4.78, 5) is 3.48. The highest BCUT2D eigenvalue weighted by atomic mass is 35.5. The molecule has 102 valence electrons. The first kappa shape index (κ1) is 15.3. The molecule has 0 amide bonds. The molecular formula is C10H15ClFN3O2S. The van der Waals surface area contributed by atoms with E-state index in [1.165, 1.54) is 10.5 Å². The van der Waals surface area contributed by atoms with Crippen LogP contribution in [0.1, 0.15) is 6.92 Å². The van der Waals surface area contributed by atoms with Crippen molar-refractivity contribution < 1.29 is 12.8 Å². The fourth-order valence-electron chi connectivity index (χ4n) is 1.85. The number of hydrogen-bond donors (Lipinski definition) is 1. The number of pyridine rings is 1. The number of nitrogens with one attached hydrogen (secondary N) is 1. The molecule has 0 saturated carbocycles. The number of piperazine rings is 1. The van der Waals surface area contributed by atoms with Crippen molar-refractivity contribution in [2.45, 2.75) is 17.9 Å². The van der Waals surface area contributed by atoms with Crippen molar-refractivity contribution in [3.8, 4) is 0 Å². The first-order valence-electron chi connectivity index (χ1n) is 5.35. The van der Waals surface area contributed by atoms with Gasteiger partial charge in [-0.2, -0.15) is 4.31 Å². The van der Waals surface area contributed by atoms with Crippen LogP contribution in [0.15, 0.2) is 23.4 Å². The second kappa shape index (κ2) is 5.92. The van der Waals surface area contributed by atoms with E-state index < -0.39 is 15.8 Å². The van der Waals surface area contributed by atoms with Crippen LogP contribution in [-0.2, 0) is 10.0 Å². The van der Waals surface area contributed by atoms with Crippen LogP contribution in [0, 0.1) is 5.82 Å². The molecule has 1 atom stereocenters. The van der Waals surface area contributed by atoms with Crippen LogP contribution >= 0.6 is 12.4 Å². The summed E-state index contributed by atoms with van der Waals surface area (Å²) >= 11 is 0. The van der Waals surface area contributed by atoms with Crippen LogP contribution in [0.2, 0.25) is 0 Å². The summed E-state index contributed by atoms with van der Waals surface area (Å²) in [6.07, 6.45) is 2.16. The topological polar surface area (TPSA) is 62.3 Å². The molecule has 0 radical (unpaired) electrons. The van der Waals surface area contributed by atoms with Crippen molar-refractivity contribution in [3.05, 3.63) is 24.3 Å². The minimum Gasteiger partial charge on any atom is -0.314 e. The molecule has 2 rings (SSSR count). The van der Waals surface area contributed by atoms with Crippen molar-refractivity contribution in [2.24, 2.45) is 0 Å². The van der Waals surface area contributed by atoms with Crippen LogP contribution in [-0.4, -0.2) is 43.4 Å². The Hall–Kier alpha value is -0.760. The van der Waals surface area contributed by atoms with Gasteiger partial charge < -0.3 is 5.32 Å². The first-order chi connectivity index (χ1) is 8.01. The molecule has 2 heterocycles. The van der Waals surface area contributed by atoms with Crippen molar-refractivity contribution in [1.29, 1.82) is 0 Å². The molecule has 0 aromatic carbocycles. The minimum absolute atomic E-state index is 0. The van der Waals surface area contributed by atoms with E-state index in [1.807, 2.05) is 6.92 Å². The molecule has 0 spiro atoms. The van der Waals surface area contributed by atoms with Gasteiger partial charge in [0.1, 0.15) is 10.7 Å². The monoisotopic (exact) mass is 295 g/mol. The van der Waals surface area contributed by atoms with E-state index >= 15 is 0 Å². The molecule has 0 unspecified atom stereocenters. The van der Waals surface area contributed by atoms with E-state index in [1.54, 1.807) is 0 Å². The zero-order valence-corrected chi connectivity index (χ0v) is 11.5. The maximum Gasteiger partial charge on any atom is 0.245 e. The van der Waals surface area contributed by atoms with Gasteiger partial charge >= 0.3 is 0 Å². The predicted molar refractivity (Wildman–Crippen MR) is 67.7 cm³/mol. The number of halogens is 2. The predicted octanol–water partition coefficient (Wildman–Crippen LogP) is 0.625. The SMILES string of the molecule is C[C@H]1CNCCN1S(=O)(=O)c1cncc(F)c1.Cl. The van der Waals surface area contributed by atoms with Crippen molar-refractivity contribution in [1.82, 2.24) is 14.6 Å². The third-order valence-electron chi connectivity index (χ3n) is 2.73. The Morgan fingerprint density at radius 2 is 2.22 bits per heavy atom. The van der Waals surface area contributed by atoms with Crippen molar-refractivity contribution in [3.63, 3.8) is 0 Å². The Morgan fingerprint density at radius 1 is 1.50 bits per heavy atom. The molecule has 5 nitrogen and oxygen atoms in total. The Labute approximate surface area is 112 Å². The number of nitrogens with zero attached hydrogens (tertiary/aromatic N) is 2. The highest BCUT2D eigenvalue weighted by Crippen LogP contribution is 2.18. The molecular weight excluding hydrogens is 281 g/mol. The summed E-state index contributed by atoms with van der Waals surface area (Å²) < 4.78 is 38.9. The van der Waals surface area contributed by atoms with Gasteiger partial charge in [0.15, 0.2) is 0 Å². The molecule has 1 fully saturated rings. The Morgan fingerprint density at radius 3 is 2.83 bits per heavy atom. The van der Waals surface area contributed by atoms with E-state index in [9.17, 15) is 12.8 Å². The second-order valence-corrected chi connectivity index (χ2v) is 5.90. The number of aromatic nitrogens is 1. The summed E-state index contributed by atoms with van der Waals surface area (Å²) in [5, 5.41) is 3.10. The van der Waals surface area contributed by atoms with E-state index in [2.05, 4.69) is 10.3 Å². The van der Waals surface area contributed by atoms with Crippen LogP contribution in [0.5, 0.6) is 0 Å². The van der Waals surface area contributed by atoms with Gasteiger partial charge in [0.2, 0.25) is 10.0 Å². The normalized spacial score (nSPS) is 21.3. The number of sulfonamides is 1. The second-order valence-electron chi connectivity index (χ2n) is 4.01. The molecule has 1 aliphatic heterocycles. The largest absolute Gasteiger partial charge is 0.314 e. The van der Waals surface area contributed by atoms with Crippen molar-refractivity contribution >= 4 is 22.4 Å². The maximum atomic E-state index is 13.0. The van der Waals surface area contributed by atoms with Gasteiger partial charge in [-0.25, -0.2) is 12.8 Å². The zero-order valence-electron chi connectivity index (χ0n) is 9.84. The lowest BCUT2D eigenvalue weighted by Gasteiger charge is -2.32. The minimum atomic E-state index is -3.64.